The molecule has 106 valence electrons. The van der Waals surface area contributed by atoms with E-state index in [0.717, 1.165) is 22.8 Å². The second-order valence-corrected chi connectivity index (χ2v) is 6.28. The number of aromatic nitrogens is 4. The normalized spacial score (nSPS) is 14.8. The standard InChI is InChI=1S/C14H18N4OS/c1-8-6-11(9(2)18(8)3)12(19)7-20-14-15-13(16-17-14)10-4-5-10/h6,10H,4-5,7H2,1-3H3,(H,15,16,17). The summed E-state index contributed by atoms with van der Waals surface area (Å²) >= 11 is 1.40. The Bertz CT molecular complexity index is 654. The first-order valence-electron chi connectivity index (χ1n) is 6.77. The minimum absolute atomic E-state index is 0.133. The molecule has 2 heterocycles. The topological polar surface area (TPSA) is 63.6 Å². The number of nitrogens with zero attached hydrogens (tertiary/aromatic N) is 3. The summed E-state index contributed by atoms with van der Waals surface area (Å²) in [6.45, 7) is 3.98. The minimum atomic E-state index is 0.133. The number of H-pyrrole nitrogens is 1. The second-order valence-electron chi connectivity index (χ2n) is 5.33. The highest BCUT2D eigenvalue weighted by molar-refractivity contribution is 7.99. The van der Waals surface area contributed by atoms with Crippen LogP contribution >= 0.6 is 11.8 Å². The summed E-state index contributed by atoms with van der Waals surface area (Å²) in [6, 6.07) is 1.95. The monoisotopic (exact) mass is 290 g/mol. The third kappa shape index (κ3) is 2.52. The fourth-order valence-corrected chi connectivity index (χ4v) is 2.90. The molecular formula is C14H18N4OS. The van der Waals surface area contributed by atoms with Crippen LogP contribution in [-0.4, -0.2) is 31.3 Å². The van der Waals surface area contributed by atoms with Gasteiger partial charge in [0.25, 0.3) is 0 Å². The molecular weight excluding hydrogens is 272 g/mol. The number of thioether (sulfide) groups is 1. The molecule has 5 nitrogen and oxygen atoms in total. The average Bonchev–Trinajstić information content (AvgIpc) is 3.13. The van der Waals surface area contributed by atoms with Gasteiger partial charge >= 0.3 is 0 Å². The van der Waals surface area contributed by atoms with Gasteiger partial charge in [0.1, 0.15) is 5.82 Å². The number of carbonyl (C=O) groups excluding carboxylic acids is 1. The van der Waals surface area contributed by atoms with Crippen LogP contribution in [0.1, 0.15) is 46.3 Å². The zero-order valence-corrected chi connectivity index (χ0v) is 12.8. The fraction of sp³-hybridized carbons (Fsp3) is 0.500. The maximum Gasteiger partial charge on any atom is 0.208 e. The van der Waals surface area contributed by atoms with Gasteiger partial charge in [-0.05, 0) is 32.8 Å². The Kier molecular flexibility index (Phi) is 3.41. The lowest BCUT2D eigenvalue weighted by Crippen LogP contribution is -2.04. The highest BCUT2D eigenvalue weighted by atomic mass is 32.2. The van der Waals surface area contributed by atoms with Gasteiger partial charge in [-0.3, -0.25) is 9.89 Å². The smallest absolute Gasteiger partial charge is 0.208 e. The summed E-state index contributed by atoms with van der Waals surface area (Å²) in [7, 11) is 1.98. The van der Waals surface area contributed by atoms with Gasteiger partial charge < -0.3 is 4.57 Å². The van der Waals surface area contributed by atoms with Crippen molar-refractivity contribution in [3.8, 4) is 0 Å². The molecule has 0 amide bonds. The molecule has 1 fully saturated rings. The van der Waals surface area contributed by atoms with E-state index in [-0.39, 0.29) is 5.78 Å². The molecule has 2 aromatic rings. The first-order valence-corrected chi connectivity index (χ1v) is 7.76. The molecule has 0 atom stereocenters. The molecule has 0 aliphatic heterocycles. The Morgan fingerprint density at radius 2 is 2.25 bits per heavy atom. The number of aromatic amines is 1. The van der Waals surface area contributed by atoms with Gasteiger partial charge in [0.15, 0.2) is 5.78 Å². The number of ketones is 1. The van der Waals surface area contributed by atoms with Crippen LogP contribution in [-0.2, 0) is 7.05 Å². The minimum Gasteiger partial charge on any atom is -0.351 e. The molecule has 0 saturated heterocycles. The van der Waals surface area contributed by atoms with E-state index in [4.69, 9.17) is 0 Å². The summed E-state index contributed by atoms with van der Waals surface area (Å²) in [5, 5.41) is 7.79. The van der Waals surface area contributed by atoms with E-state index in [2.05, 4.69) is 15.2 Å². The maximum atomic E-state index is 12.3. The van der Waals surface area contributed by atoms with Crippen molar-refractivity contribution in [1.29, 1.82) is 0 Å². The number of aryl methyl sites for hydroxylation is 1. The van der Waals surface area contributed by atoms with Gasteiger partial charge in [-0.1, -0.05) is 11.8 Å². The quantitative estimate of drug-likeness (QED) is 0.679. The molecule has 2 aromatic heterocycles. The Labute approximate surface area is 122 Å². The molecule has 1 aliphatic rings. The zero-order chi connectivity index (χ0) is 14.3. The average molecular weight is 290 g/mol. The molecule has 3 rings (SSSR count). The fourth-order valence-electron chi connectivity index (χ4n) is 2.21. The van der Waals surface area contributed by atoms with Crippen molar-refractivity contribution in [3.63, 3.8) is 0 Å². The van der Waals surface area contributed by atoms with Crippen molar-refractivity contribution >= 4 is 17.5 Å². The molecule has 0 bridgehead atoms. The Morgan fingerprint density at radius 3 is 2.85 bits per heavy atom. The van der Waals surface area contributed by atoms with Gasteiger partial charge in [0.2, 0.25) is 5.16 Å². The zero-order valence-electron chi connectivity index (χ0n) is 11.9. The van der Waals surface area contributed by atoms with E-state index in [1.54, 1.807) is 0 Å². The van der Waals surface area contributed by atoms with Gasteiger partial charge in [0, 0.05) is 29.9 Å². The number of hydrogen-bond donors (Lipinski definition) is 1. The van der Waals surface area contributed by atoms with E-state index in [0.29, 0.717) is 16.8 Å². The van der Waals surface area contributed by atoms with Crippen LogP contribution in [0.4, 0.5) is 0 Å². The van der Waals surface area contributed by atoms with Crippen molar-refractivity contribution in [2.75, 3.05) is 5.75 Å². The third-order valence-electron chi connectivity index (χ3n) is 3.85. The number of hydrogen-bond acceptors (Lipinski definition) is 4. The lowest BCUT2D eigenvalue weighted by molar-refractivity contribution is 0.102. The van der Waals surface area contributed by atoms with E-state index < -0.39 is 0 Å². The van der Waals surface area contributed by atoms with Crippen LogP contribution in [0.3, 0.4) is 0 Å². The highest BCUT2D eigenvalue weighted by Crippen LogP contribution is 2.38. The first-order chi connectivity index (χ1) is 9.56. The molecule has 0 unspecified atom stereocenters. The number of rotatable bonds is 5. The third-order valence-corrected chi connectivity index (χ3v) is 4.70. The molecule has 1 aliphatic carbocycles. The molecule has 6 heteroatoms. The molecule has 0 radical (unpaired) electrons. The van der Waals surface area contributed by atoms with Crippen molar-refractivity contribution in [2.24, 2.45) is 7.05 Å². The van der Waals surface area contributed by atoms with Crippen LogP contribution in [0.2, 0.25) is 0 Å². The van der Waals surface area contributed by atoms with Crippen LogP contribution < -0.4 is 0 Å². The van der Waals surface area contributed by atoms with Crippen molar-refractivity contribution in [2.45, 2.75) is 37.8 Å². The summed E-state index contributed by atoms with van der Waals surface area (Å²) in [5.74, 6) is 2.04. The van der Waals surface area contributed by atoms with Gasteiger partial charge in [-0.15, -0.1) is 5.10 Å². The number of Topliss-reactive ketones (excluding diaryl/α,β-unsaturated/α-hetero) is 1. The highest BCUT2D eigenvalue weighted by Gasteiger charge is 2.27. The lowest BCUT2D eigenvalue weighted by Gasteiger charge is -2.01. The number of carbonyl (C=O) groups is 1. The Morgan fingerprint density at radius 1 is 1.50 bits per heavy atom. The van der Waals surface area contributed by atoms with Crippen LogP contribution in [0.5, 0.6) is 0 Å². The number of nitrogens with one attached hydrogen (secondary N) is 1. The van der Waals surface area contributed by atoms with Crippen LogP contribution in [0, 0.1) is 13.8 Å². The lowest BCUT2D eigenvalue weighted by atomic mass is 10.2. The Hall–Kier alpha value is -1.56. The Balaban J connectivity index is 1.64. The molecule has 0 aromatic carbocycles. The van der Waals surface area contributed by atoms with Crippen LogP contribution in [0.25, 0.3) is 0 Å². The van der Waals surface area contributed by atoms with Crippen LogP contribution in [0.15, 0.2) is 11.2 Å². The predicted molar refractivity (Wildman–Crippen MR) is 78.3 cm³/mol. The molecule has 20 heavy (non-hydrogen) atoms. The summed E-state index contributed by atoms with van der Waals surface area (Å²) in [5.41, 5.74) is 2.92. The molecule has 1 saturated carbocycles. The summed E-state index contributed by atoms with van der Waals surface area (Å²) < 4.78 is 2.04. The van der Waals surface area contributed by atoms with E-state index in [1.807, 2.05) is 31.5 Å². The van der Waals surface area contributed by atoms with E-state index >= 15 is 0 Å². The van der Waals surface area contributed by atoms with Gasteiger partial charge in [-0.25, -0.2) is 4.98 Å². The van der Waals surface area contributed by atoms with Crippen molar-refractivity contribution < 1.29 is 4.79 Å². The van der Waals surface area contributed by atoms with E-state index in [9.17, 15) is 4.79 Å². The molecule has 1 N–H and O–H groups in total. The van der Waals surface area contributed by atoms with E-state index in [1.165, 1.54) is 24.6 Å². The largest absolute Gasteiger partial charge is 0.351 e. The second kappa shape index (κ2) is 5.09. The van der Waals surface area contributed by atoms with Crippen molar-refractivity contribution in [1.82, 2.24) is 19.7 Å². The SMILES string of the molecule is Cc1cc(C(=O)CSc2n[nH]c(C3CC3)n2)c(C)n1C. The predicted octanol–water partition coefficient (Wildman–Crippen LogP) is 2.61. The summed E-state index contributed by atoms with van der Waals surface area (Å²) in [4.78, 5) is 16.7. The summed E-state index contributed by atoms with van der Waals surface area (Å²) in [6.07, 6.45) is 2.39. The maximum absolute atomic E-state index is 12.3. The van der Waals surface area contributed by atoms with Crippen molar-refractivity contribution in [3.05, 3.63) is 28.8 Å². The van der Waals surface area contributed by atoms with Gasteiger partial charge in [0.05, 0.1) is 5.75 Å². The van der Waals surface area contributed by atoms with Gasteiger partial charge in [-0.2, -0.15) is 0 Å². The molecule has 0 spiro atoms. The first kappa shape index (κ1) is 13.4.